The highest BCUT2D eigenvalue weighted by Gasteiger charge is 2.26. The first-order chi connectivity index (χ1) is 11.3. The highest BCUT2D eigenvalue weighted by Crippen LogP contribution is 2.31. The Morgan fingerprint density at radius 2 is 2.00 bits per heavy atom. The van der Waals surface area contributed by atoms with E-state index in [4.69, 9.17) is 10.00 Å². The van der Waals surface area contributed by atoms with Crippen LogP contribution in [0.1, 0.15) is 22.7 Å². The molecule has 3 rings (SSSR count). The van der Waals surface area contributed by atoms with Gasteiger partial charge in [0.15, 0.2) is 0 Å². The Balaban J connectivity index is 1.82. The van der Waals surface area contributed by atoms with Crippen LogP contribution < -0.4 is 10.1 Å². The summed E-state index contributed by atoms with van der Waals surface area (Å²) in [5.74, 6) is 0.936. The van der Waals surface area contributed by atoms with Gasteiger partial charge in [0.2, 0.25) is 0 Å². The first-order valence-electron chi connectivity index (χ1n) is 7.88. The van der Waals surface area contributed by atoms with Gasteiger partial charge in [0.1, 0.15) is 5.75 Å². The van der Waals surface area contributed by atoms with Crippen molar-refractivity contribution in [2.24, 2.45) is 0 Å². The molecule has 2 aromatic rings. The zero-order valence-electron chi connectivity index (χ0n) is 13.3. The van der Waals surface area contributed by atoms with E-state index in [2.05, 4.69) is 28.4 Å². The van der Waals surface area contributed by atoms with Crippen molar-refractivity contribution in [3.8, 4) is 11.8 Å². The quantitative estimate of drug-likeness (QED) is 0.943. The van der Waals surface area contributed by atoms with Gasteiger partial charge in [0, 0.05) is 31.7 Å². The van der Waals surface area contributed by atoms with E-state index in [0.29, 0.717) is 5.56 Å². The molecule has 1 heterocycles. The van der Waals surface area contributed by atoms with Crippen LogP contribution in [-0.2, 0) is 6.54 Å². The minimum Gasteiger partial charge on any atom is -0.496 e. The molecule has 1 saturated heterocycles. The van der Waals surface area contributed by atoms with Gasteiger partial charge in [-0.2, -0.15) is 5.26 Å². The predicted molar refractivity (Wildman–Crippen MR) is 90.2 cm³/mol. The fourth-order valence-corrected chi connectivity index (χ4v) is 3.10. The fourth-order valence-electron chi connectivity index (χ4n) is 3.10. The molecular formula is C19H21N3O. The number of hydrogen-bond donors (Lipinski definition) is 1. The van der Waals surface area contributed by atoms with Crippen molar-refractivity contribution in [3.63, 3.8) is 0 Å². The van der Waals surface area contributed by atoms with Gasteiger partial charge in [-0.15, -0.1) is 0 Å². The lowest BCUT2D eigenvalue weighted by molar-refractivity contribution is 0.151. The first kappa shape index (κ1) is 15.5. The molecule has 1 unspecified atom stereocenters. The van der Waals surface area contributed by atoms with Crippen LogP contribution in [0.25, 0.3) is 0 Å². The highest BCUT2D eigenvalue weighted by atomic mass is 16.5. The van der Waals surface area contributed by atoms with Crippen LogP contribution >= 0.6 is 0 Å². The Labute approximate surface area is 137 Å². The van der Waals surface area contributed by atoms with Crippen molar-refractivity contribution >= 4 is 0 Å². The number of nitrogens with one attached hydrogen (secondary N) is 1. The van der Waals surface area contributed by atoms with Gasteiger partial charge in [-0.25, -0.2) is 0 Å². The Bertz CT molecular complexity index is 691. The molecule has 0 radical (unpaired) electrons. The molecule has 2 aromatic carbocycles. The van der Waals surface area contributed by atoms with Gasteiger partial charge in [-0.1, -0.05) is 30.3 Å². The third-order valence-corrected chi connectivity index (χ3v) is 4.32. The van der Waals surface area contributed by atoms with E-state index in [1.165, 1.54) is 11.1 Å². The van der Waals surface area contributed by atoms with E-state index in [1.54, 1.807) is 7.11 Å². The van der Waals surface area contributed by atoms with Crippen molar-refractivity contribution in [3.05, 3.63) is 65.2 Å². The smallest absolute Gasteiger partial charge is 0.123 e. The maximum absolute atomic E-state index is 8.92. The largest absolute Gasteiger partial charge is 0.496 e. The number of piperazine rings is 1. The number of rotatable bonds is 4. The number of hydrogen-bond acceptors (Lipinski definition) is 4. The molecular weight excluding hydrogens is 286 g/mol. The molecule has 118 valence electrons. The van der Waals surface area contributed by atoms with Gasteiger partial charge < -0.3 is 10.1 Å². The van der Waals surface area contributed by atoms with E-state index in [1.807, 2.05) is 36.4 Å². The highest BCUT2D eigenvalue weighted by molar-refractivity contribution is 5.37. The van der Waals surface area contributed by atoms with Gasteiger partial charge >= 0.3 is 0 Å². The van der Waals surface area contributed by atoms with Crippen LogP contribution in [0.3, 0.4) is 0 Å². The molecule has 1 fully saturated rings. The predicted octanol–water partition coefficient (Wildman–Crippen LogP) is 2.71. The molecule has 1 N–H and O–H groups in total. The van der Waals surface area contributed by atoms with Crippen molar-refractivity contribution in [2.75, 3.05) is 26.7 Å². The zero-order valence-corrected chi connectivity index (χ0v) is 13.3. The standard InChI is InChI=1S/C19H21N3O/c1-23-19-5-3-2-4-17(19)18-13-21-10-11-22(18)14-16-8-6-15(12-20)7-9-16/h2-9,18,21H,10-11,13-14H2,1H3. The summed E-state index contributed by atoms with van der Waals surface area (Å²) in [5.41, 5.74) is 3.15. The minimum atomic E-state index is 0.288. The summed E-state index contributed by atoms with van der Waals surface area (Å²) in [4.78, 5) is 2.47. The van der Waals surface area contributed by atoms with Gasteiger partial charge in [-0.3, -0.25) is 4.90 Å². The maximum atomic E-state index is 8.92. The second-order valence-corrected chi connectivity index (χ2v) is 5.74. The average Bonchev–Trinajstić information content (AvgIpc) is 2.63. The lowest BCUT2D eigenvalue weighted by atomic mass is 10.0. The van der Waals surface area contributed by atoms with Crippen LogP contribution in [0, 0.1) is 11.3 Å². The summed E-state index contributed by atoms with van der Waals surface area (Å²) >= 11 is 0. The average molecular weight is 307 g/mol. The number of para-hydroxylation sites is 1. The van der Waals surface area contributed by atoms with Gasteiger partial charge in [0.25, 0.3) is 0 Å². The maximum Gasteiger partial charge on any atom is 0.123 e. The number of methoxy groups -OCH3 is 1. The molecule has 1 aliphatic rings. The molecule has 0 aromatic heterocycles. The number of benzene rings is 2. The third-order valence-electron chi connectivity index (χ3n) is 4.32. The summed E-state index contributed by atoms with van der Waals surface area (Å²) in [6, 6.07) is 18.5. The second-order valence-electron chi connectivity index (χ2n) is 5.74. The lowest BCUT2D eigenvalue weighted by Crippen LogP contribution is -2.45. The summed E-state index contributed by atoms with van der Waals surface area (Å²) in [7, 11) is 1.72. The molecule has 4 nitrogen and oxygen atoms in total. The van der Waals surface area contributed by atoms with Crippen molar-refractivity contribution in [1.82, 2.24) is 10.2 Å². The lowest BCUT2D eigenvalue weighted by Gasteiger charge is -2.37. The van der Waals surface area contributed by atoms with E-state index < -0.39 is 0 Å². The fraction of sp³-hybridized carbons (Fsp3) is 0.316. The molecule has 0 saturated carbocycles. The number of ether oxygens (including phenoxy) is 1. The third kappa shape index (κ3) is 3.53. The second kappa shape index (κ2) is 7.28. The SMILES string of the molecule is COc1ccccc1C1CNCCN1Cc1ccc(C#N)cc1. The first-order valence-corrected chi connectivity index (χ1v) is 7.88. The molecule has 0 aliphatic carbocycles. The topological polar surface area (TPSA) is 48.3 Å². The Morgan fingerprint density at radius 3 is 2.74 bits per heavy atom. The van der Waals surface area contributed by atoms with E-state index in [0.717, 1.165) is 31.9 Å². The summed E-state index contributed by atoms with van der Waals surface area (Å²) in [6.45, 7) is 3.76. The Morgan fingerprint density at radius 1 is 1.22 bits per heavy atom. The van der Waals surface area contributed by atoms with Crippen molar-refractivity contribution < 1.29 is 4.74 Å². The van der Waals surface area contributed by atoms with Crippen LogP contribution in [0.5, 0.6) is 5.75 Å². The molecule has 1 atom stereocenters. The summed E-state index contributed by atoms with van der Waals surface area (Å²) in [5, 5.41) is 12.4. The zero-order chi connectivity index (χ0) is 16.1. The summed E-state index contributed by atoms with van der Waals surface area (Å²) in [6.07, 6.45) is 0. The van der Waals surface area contributed by atoms with E-state index >= 15 is 0 Å². The van der Waals surface area contributed by atoms with E-state index in [9.17, 15) is 0 Å². The van der Waals surface area contributed by atoms with Crippen LogP contribution in [0.4, 0.5) is 0 Å². The normalized spacial score (nSPS) is 18.3. The van der Waals surface area contributed by atoms with Crippen LogP contribution in [0.15, 0.2) is 48.5 Å². The van der Waals surface area contributed by atoms with Crippen molar-refractivity contribution in [1.29, 1.82) is 5.26 Å². The molecule has 0 spiro atoms. The molecule has 1 aliphatic heterocycles. The molecule has 4 heteroatoms. The van der Waals surface area contributed by atoms with E-state index in [-0.39, 0.29) is 6.04 Å². The summed E-state index contributed by atoms with van der Waals surface area (Å²) < 4.78 is 5.54. The number of nitriles is 1. The number of nitrogens with zero attached hydrogens (tertiary/aromatic N) is 2. The Kier molecular flexibility index (Phi) is 4.92. The van der Waals surface area contributed by atoms with Gasteiger partial charge in [-0.05, 0) is 23.8 Å². The minimum absolute atomic E-state index is 0.288. The monoisotopic (exact) mass is 307 g/mol. The van der Waals surface area contributed by atoms with Crippen LogP contribution in [0.2, 0.25) is 0 Å². The molecule has 0 amide bonds. The van der Waals surface area contributed by atoms with Gasteiger partial charge in [0.05, 0.1) is 24.8 Å². The molecule has 0 bridgehead atoms. The van der Waals surface area contributed by atoms with Crippen molar-refractivity contribution in [2.45, 2.75) is 12.6 Å². The van der Waals surface area contributed by atoms with Crippen LogP contribution in [-0.4, -0.2) is 31.6 Å². The molecule has 23 heavy (non-hydrogen) atoms. The Hall–Kier alpha value is -2.35.